The predicted octanol–water partition coefficient (Wildman–Crippen LogP) is 1.44. The van der Waals surface area contributed by atoms with Crippen molar-refractivity contribution in [3.8, 4) is 0 Å². The minimum absolute atomic E-state index is 0.240. The van der Waals surface area contributed by atoms with E-state index in [4.69, 9.17) is 0 Å². The second-order valence-electron chi connectivity index (χ2n) is 4.82. The fourth-order valence-corrected chi connectivity index (χ4v) is 3.66. The Labute approximate surface area is 106 Å². The zero-order valence-electron chi connectivity index (χ0n) is 11.1. The van der Waals surface area contributed by atoms with Crippen LogP contribution >= 0.6 is 0 Å². The molecule has 102 valence electrons. The van der Waals surface area contributed by atoms with E-state index in [0.717, 1.165) is 31.7 Å². The van der Waals surface area contributed by atoms with Crippen LogP contribution in [0.5, 0.6) is 0 Å². The van der Waals surface area contributed by atoms with Crippen LogP contribution in [0.4, 0.5) is 0 Å². The van der Waals surface area contributed by atoms with Crippen LogP contribution in [0.2, 0.25) is 0 Å². The van der Waals surface area contributed by atoms with Gasteiger partial charge in [0, 0.05) is 19.6 Å². The van der Waals surface area contributed by atoms with Gasteiger partial charge in [-0.05, 0) is 31.7 Å². The van der Waals surface area contributed by atoms with Crippen molar-refractivity contribution in [3.63, 3.8) is 0 Å². The molecule has 17 heavy (non-hydrogen) atoms. The molecule has 0 unspecified atom stereocenters. The summed E-state index contributed by atoms with van der Waals surface area (Å²) in [5.41, 5.74) is 0. The molecule has 0 bridgehead atoms. The van der Waals surface area contributed by atoms with Crippen LogP contribution in [0.15, 0.2) is 0 Å². The third kappa shape index (κ3) is 4.94. The van der Waals surface area contributed by atoms with E-state index in [1.54, 1.807) is 4.31 Å². The minimum Gasteiger partial charge on any atom is -0.316 e. The first-order valence-electron chi connectivity index (χ1n) is 6.78. The number of rotatable bonds is 7. The van der Waals surface area contributed by atoms with Crippen LogP contribution in [-0.4, -0.2) is 44.7 Å². The third-order valence-corrected chi connectivity index (χ3v) is 5.38. The molecule has 0 aromatic heterocycles. The van der Waals surface area contributed by atoms with Gasteiger partial charge in [-0.3, -0.25) is 0 Å². The molecular formula is C12H26N2O2S. The van der Waals surface area contributed by atoms with Crippen molar-refractivity contribution >= 4 is 10.0 Å². The van der Waals surface area contributed by atoms with Crippen molar-refractivity contribution in [3.05, 3.63) is 0 Å². The Morgan fingerprint density at radius 1 is 1.18 bits per heavy atom. The molecule has 1 N–H and O–H groups in total. The van der Waals surface area contributed by atoms with Crippen LogP contribution in [0.1, 0.15) is 39.5 Å². The van der Waals surface area contributed by atoms with Gasteiger partial charge in [-0.2, -0.15) is 0 Å². The van der Waals surface area contributed by atoms with Crippen LogP contribution in [-0.2, 0) is 10.0 Å². The fourth-order valence-electron chi connectivity index (χ4n) is 2.23. The average Bonchev–Trinajstić information content (AvgIpc) is 2.35. The molecule has 0 aromatic carbocycles. The number of nitrogens with one attached hydrogen (secondary N) is 1. The Bertz CT molecular complexity index is 296. The maximum Gasteiger partial charge on any atom is 0.215 e. The van der Waals surface area contributed by atoms with E-state index < -0.39 is 10.0 Å². The quantitative estimate of drug-likeness (QED) is 0.706. The van der Waals surface area contributed by atoms with Crippen LogP contribution in [0, 0.1) is 5.92 Å². The summed E-state index contributed by atoms with van der Waals surface area (Å²) in [5.74, 6) is 0.962. The smallest absolute Gasteiger partial charge is 0.215 e. The molecule has 1 aliphatic heterocycles. The normalized spacial score (nSPS) is 19.6. The second kappa shape index (κ2) is 7.34. The average molecular weight is 262 g/mol. The zero-order chi connectivity index (χ0) is 12.7. The van der Waals surface area contributed by atoms with Crippen molar-refractivity contribution in [2.75, 3.05) is 31.9 Å². The number of sulfonamides is 1. The second-order valence-corrected chi connectivity index (χ2v) is 6.91. The van der Waals surface area contributed by atoms with Crippen molar-refractivity contribution in [2.45, 2.75) is 39.5 Å². The highest BCUT2D eigenvalue weighted by atomic mass is 32.2. The lowest BCUT2D eigenvalue weighted by molar-refractivity contribution is 0.269. The van der Waals surface area contributed by atoms with E-state index in [2.05, 4.69) is 19.2 Å². The molecule has 1 rings (SSSR count). The van der Waals surface area contributed by atoms with Crippen molar-refractivity contribution in [2.24, 2.45) is 5.92 Å². The van der Waals surface area contributed by atoms with Crippen molar-refractivity contribution < 1.29 is 8.42 Å². The molecule has 1 aliphatic rings. The van der Waals surface area contributed by atoms with Gasteiger partial charge in [0.1, 0.15) is 0 Å². The Balaban J connectivity index is 2.33. The predicted molar refractivity (Wildman–Crippen MR) is 71.5 cm³/mol. The maximum atomic E-state index is 12.0. The Morgan fingerprint density at radius 3 is 2.35 bits per heavy atom. The van der Waals surface area contributed by atoms with E-state index in [1.807, 2.05) is 0 Å². The highest BCUT2D eigenvalue weighted by Gasteiger charge is 2.26. The SMILES string of the molecule is CCCNCCS(=O)(=O)N1CCC(CC)CC1. The molecule has 0 aromatic rings. The van der Waals surface area contributed by atoms with Gasteiger partial charge in [0.25, 0.3) is 0 Å². The van der Waals surface area contributed by atoms with Crippen molar-refractivity contribution in [1.82, 2.24) is 9.62 Å². The fraction of sp³-hybridized carbons (Fsp3) is 1.00. The molecule has 1 saturated heterocycles. The molecular weight excluding hydrogens is 236 g/mol. The Morgan fingerprint density at radius 2 is 1.82 bits per heavy atom. The van der Waals surface area contributed by atoms with Crippen LogP contribution in [0.25, 0.3) is 0 Å². The van der Waals surface area contributed by atoms with Gasteiger partial charge in [0.2, 0.25) is 10.0 Å². The monoisotopic (exact) mass is 262 g/mol. The summed E-state index contributed by atoms with van der Waals surface area (Å²) in [6.07, 6.45) is 4.27. The summed E-state index contributed by atoms with van der Waals surface area (Å²) in [7, 11) is -3.02. The molecule has 5 heteroatoms. The minimum atomic E-state index is -3.02. The summed E-state index contributed by atoms with van der Waals surface area (Å²) in [6.45, 7) is 7.17. The van der Waals surface area contributed by atoms with E-state index in [-0.39, 0.29) is 5.75 Å². The third-order valence-electron chi connectivity index (χ3n) is 3.51. The highest BCUT2D eigenvalue weighted by Crippen LogP contribution is 2.21. The molecule has 0 spiro atoms. The first-order chi connectivity index (χ1) is 8.10. The first-order valence-corrected chi connectivity index (χ1v) is 8.39. The van der Waals surface area contributed by atoms with Gasteiger partial charge in [-0.25, -0.2) is 12.7 Å². The summed E-state index contributed by atoms with van der Waals surface area (Å²) in [5, 5.41) is 3.14. The molecule has 4 nitrogen and oxygen atoms in total. The van der Waals surface area contributed by atoms with Crippen molar-refractivity contribution in [1.29, 1.82) is 0 Å². The van der Waals surface area contributed by atoms with Gasteiger partial charge in [0.05, 0.1) is 5.75 Å². The molecule has 1 heterocycles. The molecule has 0 radical (unpaired) electrons. The summed E-state index contributed by atoms with van der Waals surface area (Å²) in [6, 6.07) is 0. The van der Waals surface area contributed by atoms with Crippen LogP contribution < -0.4 is 5.32 Å². The lowest BCUT2D eigenvalue weighted by Gasteiger charge is -2.30. The van der Waals surface area contributed by atoms with E-state index >= 15 is 0 Å². The number of hydrogen-bond donors (Lipinski definition) is 1. The zero-order valence-corrected chi connectivity index (χ0v) is 11.9. The first kappa shape index (κ1) is 14.9. The number of hydrogen-bond acceptors (Lipinski definition) is 3. The molecule has 1 fully saturated rings. The largest absolute Gasteiger partial charge is 0.316 e. The van der Waals surface area contributed by atoms with Crippen LogP contribution in [0.3, 0.4) is 0 Å². The molecule has 0 saturated carbocycles. The summed E-state index contributed by atoms with van der Waals surface area (Å²) >= 11 is 0. The highest BCUT2D eigenvalue weighted by molar-refractivity contribution is 7.89. The molecule has 0 aliphatic carbocycles. The van der Waals surface area contributed by atoms with E-state index in [1.165, 1.54) is 6.42 Å². The Kier molecular flexibility index (Phi) is 6.44. The van der Waals surface area contributed by atoms with E-state index in [9.17, 15) is 8.42 Å². The lowest BCUT2D eigenvalue weighted by atomic mass is 9.96. The topological polar surface area (TPSA) is 49.4 Å². The number of piperidine rings is 1. The number of nitrogens with zero attached hydrogens (tertiary/aromatic N) is 1. The Hall–Kier alpha value is -0.130. The summed E-state index contributed by atoms with van der Waals surface area (Å²) < 4.78 is 25.7. The molecule has 0 amide bonds. The van der Waals surface area contributed by atoms with Gasteiger partial charge < -0.3 is 5.32 Å². The van der Waals surface area contributed by atoms with Gasteiger partial charge in [-0.15, -0.1) is 0 Å². The van der Waals surface area contributed by atoms with Gasteiger partial charge in [-0.1, -0.05) is 20.3 Å². The van der Waals surface area contributed by atoms with Gasteiger partial charge >= 0.3 is 0 Å². The maximum absolute atomic E-state index is 12.0. The standard InChI is InChI=1S/C12H26N2O2S/c1-3-7-13-8-11-17(15,16)14-9-5-12(4-2)6-10-14/h12-13H,3-11H2,1-2H3. The van der Waals surface area contributed by atoms with Gasteiger partial charge in [0.15, 0.2) is 0 Å². The lowest BCUT2D eigenvalue weighted by Crippen LogP contribution is -2.41. The van der Waals surface area contributed by atoms with E-state index in [0.29, 0.717) is 19.6 Å². The molecule has 0 atom stereocenters. The summed E-state index contributed by atoms with van der Waals surface area (Å²) in [4.78, 5) is 0.